The number of hydrogen-bond acceptors (Lipinski definition) is 7. The molecule has 10 heteroatoms. The van der Waals surface area contributed by atoms with Crippen LogP contribution in [0.1, 0.15) is 6.23 Å². The van der Waals surface area contributed by atoms with E-state index >= 15 is 0 Å². The highest BCUT2D eigenvalue weighted by Gasteiger charge is 2.55. The molecule has 0 spiro atoms. The molecule has 0 radical (unpaired) electrons. The highest BCUT2D eigenvalue weighted by molar-refractivity contribution is 7.80. The van der Waals surface area contributed by atoms with E-state index in [1.807, 2.05) is 0 Å². The lowest BCUT2D eigenvalue weighted by molar-refractivity contribution is -0.0541. The summed E-state index contributed by atoms with van der Waals surface area (Å²) < 4.78 is 12.6. The zero-order valence-electron chi connectivity index (χ0n) is 11.5. The van der Waals surface area contributed by atoms with Crippen LogP contribution in [0.5, 0.6) is 0 Å². The molecule has 0 unspecified atom stereocenters. The van der Waals surface area contributed by atoms with Gasteiger partial charge in [-0.15, -0.1) is 0 Å². The molecule has 0 aliphatic carbocycles. The number of nitrogens with one attached hydrogen (secondary N) is 1. The van der Waals surface area contributed by atoms with Gasteiger partial charge >= 0.3 is 5.69 Å². The standard InChI is InChI=1S/C12H16N4O5S/c13-2-4-15-8-9(21-12(15)22)6(5-17)20-10(8)16-3-1-7(18)14-11(16)19/h1,3,6,8-10,17H,2,4-5,13H2,(H,14,18,19)/t6-,8-,9-,10-/m1/s1. The van der Waals surface area contributed by atoms with Gasteiger partial charge in [0.2, 0.25) is 0 Å². The molecule has 2 aliphatic rings. The van der Waals surface area contributed by atoms with E-state index in [9.17, 15) is 14.7 Å². The van der Waals surface area contributed by atoms with Crippen molar-refractivity contribution >= 4 is 17.4 Å². The van der Waals surface area contributed by atoms with Crippen molar-refractivity contribution in [2.24, 2.45) is 5.73 Å². The van der Waals surface area contributed by atoms with Crippen LogP contribution in [0.15, 0.2) is 21.9 Å². The normalized spacial score (nSPS) is 30.5. The number of fused-ring (bicyclic) bond motifs is 1. The van der Waals surface area contributed by atoms with Crippen LogP contribution in [-0.4, -0.2) is 62.7 Å². The first kappa shape index (κ1) is 15.2. The molecule has 0 aromatic carbocycles. The molecule has 4 N–H and O–H groups in total. The Morgan fingerprint density at radius 2 is 2.23 bits per heavy atom. The van der Waals surface area contributed by atoms with Crippen LogP contribution in [0, 0.1) is 0 Å². The van der Waals surface area contributed by atoms with Crippen LogP contribution >= 0.6 is 12.2 Å². The Hall–Kier alpha value is -1.75. The summed E-state index contributed by atoms with van der Waals surface area (Å²) in [5.74, 6) is 0. The smallest absolute Gasteiger partial charge is 0.330 e. The fourth-order valence-corrected chi connectivity index (χ4v) is 3.21. The maximum Gasteiger partial charge on any atom is 0.330 e. The van der Waals surface area contributed by atoms with E-state index in [0.29, 0.717) is 13.1 Å². The van der Waals surface area contributed by atoms with Crippen molar-refractivity contribution in [3.05, 3.63) is 33.1 Å². The molecule has 1 aromatic rings. The lowest BCUT2D eigenvalue weighted by atomic mass is 10.1. The van der Waals surface area contributed by atoms with Crippen molar-refractivity contribution in [2.75, 3.05) is 19.7 Å². The van der Waals surface area contributed by atoms with Gasteiger partial charge in [0.05, 0.1) is 6.61 Å². The third-order valence-electron chi connectivity index (χ3n) is 3.82. The maximum atomic E-state index is 12.0. The summed E-state index contributed by atoms with van der Waals surface area (Å²) in [5.41, 5.74) is 4.50. The molecule has 2 fully saturated rings. The van der Waals surface area contributed by atoms with Crippen molar-refractivity contribution in [3.8, 4) is 0 Å². The van der Waals surface area contributed by atoms with E-state index < -0.39 is 35.7 Å². The van der Waals surface area contributed by atoms with Gasteiger partial charge in [-0.25, -0.2) is 4.79 Å². The minimum absolute atomic E-state index is 0.268. The van der Waals surface area contributed by atoms with Gasteiger partial charge in [0.15, 0.2) is 12.3 Å². The number of thiocarbonyl (C=S) groups is 1. The largest absolute Gasteiger partial charge is 0.462 e. The summed E-state index contributed by atoms with van der Waals surface area (Å²) in [4.78, 5) is 27.1. The van der Waals surface area contributed by atoms with E-state index in [1.165, 1.54) is 16.8 Å². The number of aromatic nitrogens is 2. The average Bonchev–Trinajstić information content (AvgIpc) is 2.97. The van der Waals surface area contributed by atoms with Crippen LogP contribution in [0.3, 0.4) is 0 Å². The zero-order chi connectivity index (χ0) is 15.9. The van der Waals surface area contributed by atoms with E-state index in [4.69, 9.17) is 27.4 Å². The first-order valence-corrected chi connectivity index (χ1v) is 7.22. The number of nitrogens with zero attached hydrogens (tertiary/aromatic N) is 2. The summed E-state index contributed by atoms with van der Waals surface area (Å²) in [6, 6.07) is 0.838. The monoisotopic (exact) mass is 328 g/mol. The van der Waals surface area contributed by atoms with Gasteiger partial charge in [-0.2, -0.15) is 0 Å². The number of aliphatic hydroxyl groups excluding tert-OH is 1. The number of H-pyrrole nitrogens is 1. The highest BCUT2D eigenvalue weighted by atomic mass is 32.1. The molecule has 120 valence electrons. The Labute approximate surface area is 130 Å². The maximum absolute atomic E-state index is 12.0. The highest BCUT2D eigenvalue weighted by Crippen LogP contribution is 2.38. The number of nitrogens with two attached hydrogens (primary N) is 1. The van der Waals surface area contributed by atoms with E-state index in [2.05, 4.69) is 4.98 Å². The number of aromatic amines is 1. The molecule has 0 saturated carbocycles. The summed E-state index contributed by atoms with van der Waals surface area (Å²) in [7, 11) is 0. The molecule has 1 aromatic heterocycles. The van der Waals surface area contributed by atoms with Crippen LogP contribution in [0.2, 0.25) is 0 Å². The quantitative estimate of drug-likeness (QED) is 0.529. The summed E-state index contributed by atoms with van der Waals surface area (Å²) in [6.45, 7) is 0.523. The zero-order valence-corrected chi connectivity index (χ0v) is 12.4. The first-order chi connectivity index (χ1) is 10.6. The molecule has 4 atom stereocenters. The number of aliphatic hydroxyl groups is 1. The van der Waals surface area contributed by atoms with Crippen molar-refractivity contribution < 1.29 is 14.6 Å². The Balaban J connectivity index is 2.01. The van der Waals surface area contributed by atoms with Crippen molar-refractivity contribution in [1.29, 1.82) is 0 Å². The molecule has 0 amide bonds. The van der Waals surface area contributed by atoms with Gasteiger partial charge in [-0.1, -0.05) is 0 Å². The molecule has 2 saturated heterocycles. The predicted octanol–water partition coefficient (Wildman–Crippen LogP) is -2.26. The lowest BCUT2D eigenvalue weighted by Crippen LogP contribution is -2.45. The minimum Gasteiger partial charge on any atom is -0.462 e. The van der Waals surface area contributed by atoms with E-state index in [-0.39, 0.29) is 11.8 Å². The second kappa shape index (κ2) is 5.80. The van der Waals surface area contributed by atoms with Gasteiger partial charge in [0.1, 0.15) is 12.1 Å². The molecule has 9 nitrogen and oxygen atoms in total. The third kappa shape index (κ3) is 2.33. The van der Waals surface area contributed by atoms with Gasteiger partial charge in [0, 0.05) is 25.4 Å². The number of rotatable bonds is 4. The third-order valence-corrected chi connectivity index (χ3v) is 4.15. The van der Waals surface area contributed by atoms with Crippen molar-refractivity contribution in [2.45, 2.75) is 24.5 Å². The van der Waals surface area contributed by atoms with Gasteiger partial charge in [-0.05, 0) is 12.2 Å². The summed E-state index contributed by atoms with van der Waals surface area (Å²) in [5, 5.41) is 9.73. The molecule has 3 rings (SSSR count). The van der Waals surface area contributed by atoms with Gasteiger partial charge < -0.3 is 25.2 Å². The van der Waals surface area contributed by atoms with Crippen molar-refractivity contribution in [1.82, 2.24) is 14.5 Å². The molecule has 0 bridgehead atoms. The van der Waals surface area contributed by atoms with Gasteiger partial charge in [0.25, 0.3) is 10.7 Å². The number of hydrogen-bond donors (Lipinski definition) is 3. The van der Waals surface area contributed by atoms with Crippen LogP contribution in [-0.2, 0) is 9.47 Å². The predicted molar refractivity (Wildman–Crippen MR) is 79.3 cm³/mol. The molecule has 22 heavy (non-hydrogen) atoms. The Morgan fingerprint density at radius 1 is 1.45 bits per heavy atom. The molecular formula is C12H16N4O5S. The van der Waals surface area contributed by atoms with E-state index in [1.54, 1.807) is 4.90 Å². The fourth-order valence-electron chi connectivity index (χ4n) is 2.89. The average molecular weight is 328 g/mol. The van der Waals surface area contributed by atoms with Crippen LogP contribution < -0.4 is 17.0 Å². The summed E-state index contributed by atoms with van der Waals surface area (Å²) >= 11 is 5.18. The molecular weight excluding hydrogens is 312 g/mol. The molecule has 3 heterocycles. The Bertz CT molecular complexity index is 689. The Morgan fingerprint density at radius 3 is 2.86 bits per heavy atom. The summed E-state index contributed by atoms with van der Waals surface area (Å²) in [6.07, 6.45) is -0.495. The first-order valence-electron chi connectivity index (χ1n) is 6.82. The topological polar surface area (TPSA) is 123 Å². The number of ether oxygens (including phenoxy) is 2. The van der Waals surface area contributed by atoms with Crippen LogP contribution in [0.25, 0.3) is 0 Å². The van der Waals surface area contributed by atoms with E-state index in [0.717, 1.165) is 0 Å². The second-order valence-corrected chi connectivity index (χ2v) is 5.44. The fraction of sp³-hybridized carbons (Fsp3) is 0.583. The van der Waals surface area contributed by atoms with Crippen molar-refractivity contribution in [3.63, 3.8) is 0 Å². The lowest BCUT2D eigenvalue weighted by Gasteiger charge is -2.27. The minimum atomic E-state index is -0.738. The van der Waals surface area contributed by atoms with Crippen LogP contribution in [0.4, 0.5) is 0 Å². The Kier molecular flexibility index (Phi) is 4.00. The van der Waals surface area contributed by atoms with Gasteiger partial charge in [-0.3, -0.25) is 14.3 Å². The second-order valence-electron chi connectivity index (χ2n) is 5.09. The SMILES string of the molecule is NCCN1C(=S)O[C@H]2[C@@H]1[C@H](n1ccc(=O)[nH]c1=O)O[C@@H]2CO. The molecule has 2 aliphatic heterocycles.